The van der Waals surface area contributed by atoms with Crippen molar-refractivity contribution < 1.29 is 4.79 Å². The number of benzene rings is 2. The maximum Gasteiger partial charge on any atom is 0.150 e. The van der Waals surface area contributed by atoms with Crippen LogP contribution in [-0.2, 0) is 0 Å². The van der Waals surface area contributed by atoms with Crippen molar-refractivity contribution >= 4 is 12.0 Å². The Morgan fingerprint density at radius 3 is 2.25 bits per heavy atom. The van der Waals surface area contributed by atoms with Gasteiger partial charge in [0.2, 0.25) is 0 Å². The number of hydrogen-bond donors (Lipinski definition) is 0. The van der Waals surface area contributed by atoms with Gasteiger partial charge in [0.1, 0.15) is 6.29 Å². The second-order valence-corrected chi connectivity index (χ2v) is 6.72. The summed E-state index contributed by atoms with van der Waals surface area (Å²) in [6.07, 6.45) is 0.950. The molecule has 3 nitrogen and oxygen atoms in total. The Balaban J connectivity index is 1.69. The van der Waals surface area contributed by atoms with Gasteiger partial charge in [-0.25, -0.2) is 0 Å². The molecule has 0 aliphatic carbocycles. The van der Waals surface area contributed by atoms with Crippen LogP contribution >= 0.6 is 0 Å². The summed E-state index contributed by atoms with van der Waals surface area (Å²) in [5.74, 6) is 0. The van der Waals surface area contributed by atoms with E-state index in [9.17, 15) is 4.79 Å². The average Bonchev–Trinajstić information content (AvgIpc) is 2.63. The molecule has 1 fully saturated rings. The van der Waals surface area contributed by atoms with Gasteiger partial charge >= 0.3 is 0 Å². The Bertz CT molecular complexity index is 703. The standard InChI is InChI=1S/C21H26N2O/c1-16-14-21(17(2)13-20(16)15-24)23-11-9-22(10-12-23)18(3)19-7-5-4-6-8-19/h4-8,13-15,18H,9-12H2,1-3H3. The van der Waals surface area contributed by atoms with Gasteiger partial charge in [-0.2, -0.15) is 0 Å². The maximum absolute atomic E-state index is 11.1. The van der Waals surface area contributed by atoms with Crippen molar-refractivity contribution in [1.82, 2.24) is 4.90 Å². The van der Waals surface area contributed by atoms with Gasteiger partial charge in [-0.1, -0.05) is 30.3 Å². The predicted molar refractivity (Wildman–Crippen MR) is 99.9 cm³/mol. The average molecular weight is 322 g/mol. The van der Waals surface area contributed by atoms with Crippen LogP contribution in [0.3, 0.4) is 0 Å². The van der Waals surface area contributed by atoms with Crippen LogP contribution in [0.2, 0.25) is 0 Å². The van der Waals surface area contributed by atoms with Crippen LogP contribution in [0.5, 0.6) is 0 Å². The molecular formula is C21H26N2O. The lowest BCUT2D eigenvalue weighted by Crippen LogP contribution is -2.47. The molecule has 0 saturated carbocycles. The third-order valence-corrected chi connectivity index (χ3v) is 5.20. The molecule has 24 heavy (non-hydrogen) atoms. The van der Waals surface area contributed by atoms with E-state index in [2.05, 4.69) is 60.0 Å². The molecule has 0 spiro atoms. The molecule has 1 unspecified atom stereocenters. The fraction of sp³-hybridized carbons (Fsp3) is 0.381. The fourth-order valence-electron chi connectivity index (χ4n) is 3.58. The van der Waals surface area contributed by atoms with Crippen LogP contribution < -0.4 is 4.90 Å². The normalized spacial score (nSPS) is 16.9. The van der Waals surface area contributed by atoms with Crippen molar-refractivity contribution in [3.05, 3.63) is 64.7 Å². The molecule has 0 aromatic heterocycles. The quantitative estimate of drug-likeness (QED) is 0.795. The second kappa shape index (κ2) is 7.18. The van der Waals surface area contributed by atoms with Gasteiger partial charge in [0.05, 0.1) is 0 Å². The molecule has 0 bridgehead atoms. The molecule has 1 aliphatic rings. The highest BCUT2D eigenvalue weighted by Crippen LogP contribution is 2.27. The summed E-state index contributed by atoms with van der Waals surface area (Å²) in [6, 6.07) is 15.3. The predicted octanol–water partition coefficient (Wildman–Crippen LogP) is 4.00. The maximum atomic E-state index is 11.1. The van der Waals surface area contributed by atoms with Gasteiger partial charge in [0, 0.05) is 43.5 Å². The monoisotopic (exact) mass is 322 g/mol. The molecule has 1 saturated heterocycles. The largest absolute Gasteiger partial charge is 0.369 e. The van der Waals surface area contributed by atoms with Crippen LogP contribution in [0.25, 0.3) is 0 Å². The molecular weight excluding hydrogens is 296 g/mol. The summed E-state index contributed by atoms with van der Waals surface area (Å²) in [4.78, 5) is 16.1. The van der Waals surface area contributed by atoms with Crippen molar-refractivity contribution in [2.75, 3.05) is 31.1 Å². The summed E-state index contributed by atoms with van der Waals surface area (Å²) in [5, 5.41) is 0. The highest BCUT2D eigenvalue weighted by molar-refractivity contribution is 5.79. The van der Waals surface area contributed by atoms with Crippen LogP contribution in [-0.4, -0.2) is 37.4 Å². The minimum Gasteiger partial charge on any atom is -0.369 e. The molecule has 1 aliphatic heterocycles. The van der Waals surface area contributed by atoms with E-state index in [1.54, 1.807) is 0 Å². The van der Waals surface area contributed by atoms with E-state index in [4.69, 9.17) is 0 Å². The molecule has 2 aromatic rings. The van der Waals surface area contributed by atoms with Gasteiger partial charge in [-0.3, -0.25) is 9.69 Å². The number of rotatable bonds is 4. The van der Waals surface area contributed by atoms with Gasteiger partial charge in [-0.15, -0.1) is 0 Å². The number of anilines is 1. The first kappa shape index (κ1) is 16.7. The number of piperazine rings is 1. The van der Waals surface area contributed by atoms with Crippen LogP contribution in [0.4, 0.5) is 5.69 Å². The summed E-state index contributed by atoms with van der Waals surface area (Å²) >= 11 is 0. The van der Waals surface area contributed by atoms with E-state index in [0.29, 0.717) is 6.04 Å². The smallest absolute Gasteiger partial charge is 0.150 e. The van der Waals surface area contributed by atoms with Crippen LogP contribution in [0.15, 0.2) is 42.5 Å². The first-order chi connectivity index (χ1) is 11.6. The van der Waals surface area contributed by atoms with Crippen LogP contribution in [0, 0.1) is 13.8 Å². The highest BCUT2D eigenvalue weighted by atomic mass is 16.1. The fourth-order valence-corrected chi connectivity index (χ4v) is 3.58. The van der Waals surface area contributed by atoms with E-state index >= 15 is 0 Å². The van der Waals surface area contributed by atoms with E-state index in [1.807, 2.05) is 13.0 Å². The van der Waals surface area contributed by atoms with E-state index in [-0.39, 0.29) is 0 Å². The molecule has 2 aromatic carbocycles. The van der Waals surface area contributed by atoms with Gasteiger partial charge in [0.25, 0.3) is 0 Å². The molecule has 1 heterocycles. The molecule has 0 radical (unpaired) electrons. The molecule has 126 valence electrons. The number of carbonyl (C=O) groups is 1. The number of hydrogen-bond acceptors (Lipinski definition) is 3. The zero-order chi connectivity index (χ0) is 17.1. The Hall–Kier alpha value is -2.13. The van der Waals surface area contributed by atoms with E-state index < -0.39 is 0 Å². The lowest BCUT2D eigenvalue weighted by Gasteiger charge is -2.40. The lowest BCUT2D eigenvalue weighted by atomic mass is 10.0. The third-order valence-electron chi connectivity index (χ3n) is 5.20. The van der Waals surface area contributed by atoms with Crippen LogP contribution in [0.1, 0.15) is 40.0 Å². The minimum atomic E-state index is 0.452. The van der Waals surface area contributed by atoms with E-state index in [0.717, 1.165) is 43.6 Å². The Morgan fingerprint density at radius 2 is 1.62 bits per heavy atom. The highest BCUT2D eigenvalue weighted by Gasteiger charge is 2.23. The second-order valence-electron chi connectivity index (χ2n) is 6.72. The first-order valence-electron chi connectivity index (χ1n) is 8.70. The number of nitrogens with zero attached hydrogens (tertiary/aromatic N) is 2. The zero-order valence-electron chi connectivity index (χ0n) is 14.8. The topological polar surface area (TPSA) is 23.6 Å². The van der Waals surface area contributed by atoms with Crippen molar-refractivity contribution in [2.45, 2.75) is 26.8 Å². The summed E-state index contributed by atoms with van der Waals surface area (Å²) in [6.45, 7) is 10.6. The van der Waals surface area contributed by atoms with Crippen molar-refractivity contribution in [3.8, 4) is 0 Å². The summed E-state index contributed by atoms with van der Waals surface area (Å²) in [5.41, 5.74) is 5.70. The van der Waals surface area contributed by atoms with E-state index in [1.165, 1.54) is 16.8 Å². The van der Waals surface area contributed by atoms with Crippen molar-refractivity contribution in [1.29, 1.82) is 0 Å². The minimum absolute atomic E-state index is 0.452. The van der Waals surface area contributed by atoms with Gasteiger partial charge < -0.3 is 4.90 Å². The first-order valence-corrected chi connectivity index (χ1v) is 8.70. The van der Waals surface area contributed by atoms with Gasteiger partial charge in [0.15, 0.2) is 0 Å². The van der Waals surface area contributed by atoms with Crippen molar-refractivity contribution in [2.24, 2.45) is 0 Å². The van der Waals surface area contributed by atoms with Gasteiger partial charge in [-0.05, 0) is 49.6 Å². The number of carbonyl (C=O) groups excluding carboxylic acids is 1. The molecule has 3 heteroatoms. The Kier molecular flexibility index (Phi) is 5.00. The zero-order valence-corrected chi connectivity index (χ0v) is 14.8. The summed E-state index contributed by atoms with van der Waals surface area (Å²) in [7, 11) is 0. The third kappa shape index (κ3) is 3.36. The number of aryl methyl sites for hydroxylation is 2. The molecule has 0 amide bonds. The molecule has 1 atom stereocenters. The Labute approximate surface area is 144 Å². The lowest BCUT2D eigenvalue weighted by molar-refractivity contribution is 0.112. The molecule has 0 N–H and O–H groups in total. The van der Waals surface area contributed by atoms with Crippen molar-refractivity contribution in [3.63, 3.8) is 0 Å². The summed E-state index contributed by atoms with van der Waals surface area (Å²) < 4.78 is 0. The number of aldehydes is 1. The SMILES string of the molecule is Cc1cc(N2CCN(C(C)c3ccccc3)CC2)c(C)cc1C=O. The Morgan fingerprint density at radius 1 is 0.958 bits per heavy atom. The molecule has 3 rings (SSSR count).